The van der Waals surface area contributed by atoms with Crippen molar-refractivity contribution < 1.29 is 72.1 Å². The zero-order valence-corrected chi connectivity index (χ0v) is 27.0. The molecule has 2 aromatic heterocycles. The van der Waals surface area contributed by atoms with E-state index in [-0.39, 0.29) is 5.75 Å². The van der Waals surface area contributed by atoms with Gasteiger partial charge in [-0.3, -0.25) is 28.2 Å². The van der Waals surface area contributed by atoms with Crippen molar-refractivity contribution in [2.24, 2.45) is 0 Å². The second-order valence-electron chi connectivity index (χ2n) is 9.80. The maximum atomic E-state index is 12.8. The van der Waals surface area contributed by atoms with E-state index in [1.54, 1.807) is 18.2 Å². The number of nitrogens with zero attached hydrogens (tertiary/aromatic N) is 2. The van der Waals surface area contributed by atoms with Crippen molar-refractivity contribution in [2.45, 2.75) is 60.2 Å². The zero-order valence-electron chi connectivity index (χ0n) is 23.6. The molecule has 0 radical (unpaired) electrons. The highest BCUT2D eigenvalue weighted by atomic mass is 33.1. The summed E-state index contributed by atoms with van der Waals surface area (Å²) in [7, 11) is -9.10. The van der Waals surface area contributed by atoms with Crippen molar-refractivity contribution in [3.63, 3.8) is 0 Å². The number of phosphoric ester groups is 2. The van der Waals surface area contributed by atoms with Gasteiger partial charge < -0.3 is 50.1 Å². The minimum atomic E-state index is -5.71. The first-order valence-corrected chi connectivity index (χ1v) is 18.6. The van der Waals surface area contributed by atoms with Crippen LogP contribution in [0.15, 0.2) is 51.3 Å². The van der Waals surface area contributed by atoms with Crippen molar-refractivity contribution in [2.75, 3.05) is 19.0 Å². The van der Waals surface area contributed by atoms with E-state index >= 15 is 0 Å². The molecule has 0 aliphatic carbocycles. The van der Waals surface area contributed by atoms with E-state index in [2.05, 4.69) is 19.1 Å². The van der Waals surface area contributed by atoms with Gasteiger partial charge in [-0.05, 0) is 22.9 Å². The SMILES string of the molecule is O=C(CSSc1ccccn1)N[C@H]1[C@@H](OP(=O)(O)OP(=O)(O)OC[C@H]2O[C@@H](n3ccc(=O)[nH]c3=O)[C@H](O)[C@@H]2O)O[C@H](CO)[C@H](O)[C@@H]1O. The number of pyridine rings is 1. The predicted molar refractivity (Wildman–Crippen MR) is 157 cm³/mol. The predicted octanol–water partition coefficient (Wildman–Crippen LogP) is -2.83. The topological polar surface area (TPSA) is 319 Å². The highest BCUT2D eigenvalue weighted by Gasteiger charge is 2.50. The van der Waals surface area contributed by atoms with Crippen LogP contribution in [0.25, 0.3) is 0 Å². The molecule has 262 valence electrons. The maximum Gasteiger partial charge on any atom is 0.483 e. The van der Waals surface area contributed by atoms with E-state index < -0.39 is 101 Å². The fourth-order valence-electron chi connectivity index (χ4n) is 4.29. The summed E-state index contributed by atoms with van der Waals surface area (Å²) in [4.78, 5) is 62.2. The third-order valence-electron chi connectivity index (χ3n) is 6.49. The Balaban J connectivity index is 1.37. The Morgan fingerprint density at radius 2 is 1.74 bits per heavy atom. The largest absolute Gasteiger partial charge is 0.483 e. The summed E-state index contributed by atoms with van der Waals surface area (Å²) >= 11 is 0. The summed E-state index contributed by atoms with van der Waals surface area (Å²) in [5.74, 6) is -1.01. The Morgan fingerprint density at radius 3 is 2.40 bits per heavy atom. The number of nitrogens with one attached hydrogen (secondary N) is 2. The Hall–Kier alpha value is -2.02. The summed E-state index contributed by atoms with van der Waals surface area (Å²) in [6, 6.07) is 4.27. The van der Waals surface area contributed by atoms with Crippen molar-refractivity contribution in [1.29, 1.82) is 0 Å². The first-order chi connectivity index (χ1) is 22.1. The van der Waals surface area contributed by atoms with Crippen LogP contribution in [-0.2, 0) is 36.8 Å². The van der Waals surface area contributed by atoms with E-state index in [1.807, 2.05) is 4.98 Å². The number of carbonyl (C=O) groups is 1. The van der Waals surface area contributed by atoms with Crippen LogP contribution in [0.1, 0.15) is 6.23 Å². The molecule has 0 saturated carbocycles. The lowest BCUT2D eigenvalue weighted by Gasteiger charge is -2.42. The van der Waals surface area contributed by atoms with Gasteiger partial charge in [-0.15, -0.1) is 0 Å². The van der Waals surface area contributed by atoms with Gasteiger partial charge in [0.15, 0.2) is 12.5 Å². The van der Waals surface area contributed by atoms with Crippen molar-refractivity contribution in [3.8, 4) is 0 Å². The lowest BCUT2D eigenvalue weighted by atomic mass is 9.97. The third kappa shape index (κ3) is 10.0. The number of carbonyl (C=O) groups excluding carboxylic acids is 1. The lowest BCUT2D eigenvalue weighted by Crippen LogP contribution is -2.64. The molecule has 4 rings (SSSR count). The van der Waals surface area contributed by atoms with Gasteiger partial charge in [-0.2, -0.15) is 4.31 Å². The second-order valence-corrected chi connectivity index (χ2v) is 15.1. The van der Waals surface area contributed by atoms with Crippen LogP contribution in [0.4, 0.5) is 0 Å². The van der Waals surface area contributed by atoms with Crippen LogP contribution in [0.2, 0.25) is 0 Å². The van der Waals surface area contributed by atoms with E-state index in [4.69, 9.17) is 14.0 Å². The number of aromatic amines is 1. The molecule has 2 unspecified atom stereocenters. The minimum absolute atomic E-state index is 0.245. The molecular weight excluding hydrogens is 718 g/mol. The van der Waals surface area contributed by atoms with Gasteiger partial charge in [-0.25, -0.2) is 18.9 Å². The molecule has 11 atom stereocenters. The first-order valence-electron chi connectivity index (χ1n) is 13.3. The number of aliphatic hydroxyl groups is 5. The number of hydrogen-bond acceptors (Lipinski definition) is 18. The monoisotopic (exact) mass is 748 g/mol. The van der Waals surface area contributed by atoms with E-state index in [9.17, 15) is 58.8 Å². The zero-order chi connectivity index (χ0) is 34.5. The lowest BCUT2D eigenvalue weighted by molar-refractivity contribution is -0.247. The van der Waals surface area contributed by atoms with Crippen molar-refractivity contribution >= 4 is 43.1 Å². The van der Waals surface area contributed by atoms with Crippen molar-refractivity contribution in [3.05, 3.63) is 57.5 Å². The molecule has 1 amide bonds. The quantitative estimate of drug-likeness (QED) is 0.0694. The Kier molecular flexibility index (Phi) is 13.0. The molecule has 2 fully saturated rings. The minimum Gasteiger partial charge on any atom is -0.394 e. The average molecular weight is 749 g/mol. The molecule has 0 spiro atoms. The molecule has 2 saturated heterocycles. The van der Waals surface area contributed by atoms with E-state index in [0.717, 1.165) is 38.4 Å². The normalized spacial score (nSPS) is 31.9. The molecule has 0 aromatic carbocycles. The highest BCUT2D eigenvalue weighted by Crippen LogP contribution is 2.61. The first kappa shape index (κ1) is 37.8. The molecule has 0 bridgehead atoms. The fourth-order valence-corrected chi connectivity index (χ4v) is 8.22. The summed E-state index contributed by atoms with van der Waals surface area (Å²) < 4.78 is 50.3. The van der Waals surface area contributed by atoms with Crippen LogP contribution in [0.5, 0.6) is 0 Å². The highest BCUT2D eigenvalue weighted by molar-refractivity contribution is 8.76. The van der Waals surface area contributed by atoms with Gasteiger partial charge in [0.05, 0.1) is 19.0 Å². The summed E-state index contributed by atoms with van der Waals surface area (Å²) in [6.07, 6.45) is -11.8. The van der Waals surface area contributed by atoms with Crippen LogP contribution < -0.4 is 16.6 Å². The van der Waals surface area contributed by atoms with Crippen molar-refractivity contribution in [1.82, 2.24) is 19.9 Å². The molecule has 21 nitrogen and oxygen atoms in total. The Bertz CT molecular complexity index is 1590. The van der Waals surface area contributed by atoms with Gasteiger partial charge in [0, 0.05) is 18.5 Å². The summed E-state index contributed by atoms with van der Waals surface area (Å²) in [6.45, 7) is -1.97. The molecule has 47 heavy (non-hydrogen) atoms. The number of aromatic nitrogens is 3. The number of ether oxygens (including phenoxy) is 2. The number of H-pyrrole nitrogens is 1. The molecule has 2 aliphatic rings. The average Bonchev–Trinajstić information content (AvgIpc) is 3.28. The van der Waals surface area contributed by atoms with Crippen LogP contribution in [0, 0.1) is 0 Å². The summed E-state index contributed by atoms with van der Waals surface area (Å²) in [5.41, 5.74) is -1.76. The number of hydrogen-bond donors (Lipinski definition) is 9. The van der Waals surface area contributed by atoms with Crippen LogP contribution in [-0.4, -0.2) is 124 Å². The maximum absolute atomic E-state index is 12.8. The molecular formula is C22H30N4O17P2S2. The molecule has 4 heterocycles. The van der Waals surface area contributed by atoms with E-state index in [1.165, 1.54) is 6.20 Å². The Morgan fingerprint density at radius 1 is 1.02 bits per heavy atom. The summed E-state index contributed by atoms with van der Waals surface area (Å²) in [5, 5.41) is 53.8. The fraction of sp³-hybridized carbons (Fsp3) is 0.545. The standard InChI is InChI=1S/C22H30N4O17P2S2/c27-7-10-16(30)18(32)15(24-13(29)9-46-47-14-3-1-2-5-23-14)21(41-10)42-45(37,38)43-44(35,36)39-8-11-17(31)19(33)20(40-11)26-6-4-12(28)25-22(26)34/h1-6,10-11,15-21,27,30-33H,7-9H2,(H,24,29)(H,35,36)(H,37,38)(H,25,28,34)/t10-,11-,15-,16+,17-,18-,19-,20-,21-/m1/s1. The van der Waals surface area contributed by atoms with Gasteiger partial charge in [-0.1, -0.05) is 16.9 Å². The van der Waals surface area contributed by atoms with Gasteiger partial charge >= 0.3 is 21.3 Å². The molecule has 2 aromatic rings. The number of phosphoric acid groups is 2. The number of aliphatic hydroxyl groups excluding tert-OH is 5. The number of amides is 1. The van der Waals surface area contributed by atoms with E-state index in [0.29, 0.717) is 5.03 Å². The van der Waals surface area contributed by atoms with Gasteiger partial charge in [0.1, 0.15) is 47.7 Å². The molecule has 25 heteroatoms. The Labute approximate surface area is 271 Å². The molecule has 2 aliphatic heterocycles. The number of rotatable bonds is 14. The third-order valence-corrected chi connectivity index (χ3v) is 11.2. The molecule has 9 N–H and O–H groups in total. The smallest absolute Gasteiger partial charge is 0.394 e. The van der Waals surface area contributed by atoms with Gasteiger partial charge in [0.25, 0.3) is 5.56 Å². The van der Waals surface area contributed by atoms with Crippen LogP contribution in [0.3, 0.4) is 0 Å². The van der Waals surface area contributed by atoms with Gasteiger partial charge in [0.2, 0.25) is 5.91 Å². The second kappa shape index (κ2) is 16.1. The van der Waals surface area contributed by atoms with Crippen LogP contribution >= 0.6 is 37.2 Å².